The highest BCUT2D eigenvalue weighted by Crippen LogP contribution is 2.15. The summed E-state index contributed by atoms with van der Waals surface area (Å²) in [5.74, 6) is -2.84. The lowest BCUT2D eigenvalue weighted by molar-refractivity contribution is 0.193. The summed E-state index contributed by atoms with van der Waals surface area (Å²) in [7, 11) is 1.58. The molecule has 0 saturated carbocycles. The minimum absolute atomic E-state index is 0.213. The second-order valence-electron chi connectivity index (χ2n) is 3.31. The number of hydrogen-bond donors (Lipinski definition) is 0. The van der Waals surface area contributed by atoms with Gasteiger partial charge in [0.15, 0.2) is 11.6 Å². The second kappa shape index (κ2) is 5.75. The van der Waals surface area contributed by atoms with Gasteiger partial charge in [-0.15, -0.1) is 0 Å². The second-order valence-corrected chi connectivity index (χ2v) is 3.31. The summed E-state index contributed by atoms with van der Waals surface area (Å²) in [6.45, 7) is 0.589. The quantitative estimate of drug-likeness (QED) is 0.545. The molecule has 0 bridgehead atoms. The van der Waals surface area contributed by atoms with Crippen molar-refractivity contribution in [1.82, 2.24) is 0 Å². The van der Waals surface area contributed by atoms with Gasteiger partial charge in [-0.1, -0.05) is 0 Å². The van der Waals surface area contributed by atoms with Gasteiger partial charge in [0.1, 0.15) is 5.82 Å². The first-order valence-electron chi connectivity index (χ1n) is 4.77. The van der Waals surface area contributed by atoms with Crippen LogP contribution in [0.25, 0.3) is 0 Å². The number of hydrogen-bond acceptors (Lipinski definition) is 1. The van der Waals surface area contributed by atoms with Gasteiger partial charge in [-0.2, -0.15) is 0 Å². The van der Waals surface area contributed by atoms with Gasteiger partial charge in [-0.05, 0) is 30.9 Å². The first-order chi connectivity index (χ1) is 7.15. The Hall–Kier alpha value is -1.03. The van der Waals surface area contributed by atoms with E-state index in [-0.39, 0.29) is 5.56 Å². The Bertz CT molecular complexity index is 326. The molecule has 0 atom stereocenters. The molecule has 4 heteroatoms. The number of ether oxygens (including phenoxy) is 1. The Labute approximate surface area is 86.9 Å². The van der Waals surface area contributed by atoms with Crippen LogP contribution in [-0.2, 0) is 11.2 Å². The Morgan fingerprint density at radius 3 is 2.33 bits per heavy atom. The van der Waals surface area contributed by atoms with Crippen molar-refractivity contribution in [2.75, 3.05) is 13.7 Å². The first-order valence-corrected chi connectivity index (χ1v) is 4.77. The molecule has 0 spiro atoms. The lowest BCUT2D eigenvalue weighted by Crippen LogP contribution is -1.97. The van der Waals surface area contributed by atoms with Gasteiger partial charge in [0.05, 0.1) is 0 Å². The third-order valence-corrected chi connectivity index (χ3v) is 2.13. The maximum Gasteiger partial charge on any atom is 0.161 e. The van der Waals surface area contributed by atoms with Crippen molar-refractivity contribution in [3.8, 4) is 0 Å². The van der Waals surface area contributed by atoms with Gasteiger partial charge in [0.25, 0.3) is 0 Å². The highest BCUT2D eigenvalue weighted by Gasteiger charge is 2.08. The van der Waals surface area contributed by atoms with E-state index in [9.17, 15) is 13.2 Å². The number of aryl methyl sites for hydroxylation is 1. The molecule has 0 radical (unpaired) electrons. The maximum atomic E-state index is 13.1. The number of rotatable bonds is 5. The van der Waals surface area contributed by atoms with E-state index in [1.54, 1.807) is 7.11 Å². The van der Waals surface area contributed by atoms with Gasteiger partial charge < -0.3 is 4.74 Å². The van der Waals surface area contributed by atoms with E-state index < -0.39 is 17.5 Å². The van der Waals surface area contributed by atoms with Gasteiger partial charge in [-0.25, -0.2) is 13.2 Å². The van der Waals surface area contributed by atoms with Crippen LogP contribution in [0.4, 0.5) is 13.2 Å². The molecule has 0 amide bonds. The predicted molar refractivity (Wildman–Crippen MR) is 51.1 cm³/mol. The zero-order valence-corrected chi connectivity index (χ0v) is 8.53. The molecule has 0 aliphatic rings. The summed E-state index contributed by atoms with van der Waals surface area (Å²) in [4.78, 5) is 0. The van der Waals surface area contributed by atoms with Crippen LogP contribution < -0.4 is 0 Å². The smallest absolute Gasteiger partial charge is 0.161 e. The normalized spacial score (nSPS) is 10.7. The highest BCUT2D eigenvalue weighted by molar-refractivity contribution is 5.20. The van der Waals surface area contributed by atoms with Crippen molar-refractivity contribution in [3.05, 3.63) is 35.1 Å². The summed E-state index contributed by atoms with van der Waals surface area (Å²) in [5, 5.41) is 0. The van der Waals surface area contributed by atoms with Crippen molar-refractivity contribution in [3.63, 3.8) is 0 Å². The fourth-order valence-corrected chi connectivity index (χ4v) is 1.32. The molecule has 0 aromatic heterocycles. The monoisotopic (exact) mass is 218 g/mol. The lowest BCUT2D eigenvalue weighted by Gasteiger charge is -2.04. The molecule has 84 valence electrons. The van der Waals surface area contributed by atoms with Crippen LogP contribution in [0.3, 0.4) is 0 Å². The summed E-state index contributed by atoms with van der Waals surface area (Å²) in [6, 6.07) is 1.50. The zero-order chi connectivity index (χ0) is 11.3. The molecular weight excluding hydrogens is 205 g/mol. The lowest BCUT2D eigenvalue weighted by atomic mass is 10.1. The molecule has 1 nitrogen and oxygen atoms in total. The highest BCUT2D eigenvalue weighted by atomic mass is 19.2. The Morgan fingerprint density at radius 2 is 1.67 bits per heavy atom. The van der Waals surface area contributed by atoms with Gasteiger partial charge in [0.2, 0.25) is 0 Å². The molecule has 0 saturated heterocycles. The molecule has 15 heavy (non-hydrogen) atoms. The van der Waals surface area contributed by atoms with E-state index in [1.807, 2.05) is 0 Å². The molecule has 0 aliphatic carbocycles. The molecule has 0 N–H and O–H groups in total. The van der Waals surface area contributed by atoms with E-state index in [1.165, 1.54) is 0 Å². The van der Waals surface area contributed by atoms with Crippen LogP contribution in [0.15, 0.2) is 12.1 Å². The maximum absolute atomic E-state index is 13.1. The molecule has 0 fully saturated rings. The van der Waals surface area contributed by atoms with Gasteiger partial charge >= 0.3 is 0 Å². The molecule has 1 rings (SSSR count). The Balaban J connectivity index is 2.57. The average molecular weight is 218 g/mol. The van der Waals surface area contributed by atoms with E-state index in [2.05, 4.69) is 0 Å². The van der Waals surface area contributed by atoms with Crippen LogP contribution >= 0.6 is 0 Å². The van der Waals surface area contributed by atoms with E-state index in [0.29, 0.717) is 25.5 Å². The number of unbranched alkanes of at least 4 members (excludes halogenated alkanes) is 1. The number of methoxy groups -OCH3 is 1. The van der Waals surface area contributed by atoms with Crippen molar-refractivity contribution < 1.29 is 17.9 Å². The third-order valence-electron chi connectivity index (χ3n) is 2.13. The minimum Gasteiger partial charge on any atom is -0.385 e. The molecule has 1 aromatic rings. The van der Waals surface area contributed by atoms with Gasteiger partial charge in [0, 0.05) is 19.8 Å². The largest absolute Gasteiger partial charge is 0.385 e. The van der Waals surface area contributed by atoms with E-state index in [0.717, 1.165) is 12.5 Å². The van der Waals surface area contributed by atoms with E-state index in [4.69, 9.17) is 4.74 Å². The molecule has 1 aromatic carbocycles. The predicted octanol–water partition coefficient (Wildman–Crippen LogP) is 3.07. The summed E-state index contributed by atoms with van der Waals surface area (Å²) < 4.78 is 43.3. The average Bonchev–Trinajstić information content (AvgIpc) is 2.20. The topological polar surface area (TPSA) is 9.23 Å². The standard InChI is InChI=1S/C11H13F3O/c1-15-5-3-2-4-8-6-10(13)11(14)7-9(8)12/h6-7H,2-5H2,1H3. The fourth-order valence-electron chi connectivity index (χ4n) is 1.32. The molecule has 0 unspecified atom stereocenters. The van der Waals surface area contributed by atoms with Crippen LogP contribution in [0.5, 0.6) is 0 Å². The van der Waals surface area contributed by atoms with Crippen molar-refractivity contribution >= 4 is 0 Å². The van der Waals surface area contributed by atoms with Crippen LogP contribution in [0.1, 0.15) is 18.4 Å². The van der Waals surface area contributed by atoms with E-state index >= 15 is 0 Å². The SMILES string of the molecule is COCCCCc1cc(F)c(F)cc1F. The summed E-state index contributed by atoms with van der Waals surface area (Å²) in [6.07, 6.45) is 1.86. The first kappa shape index (κ1) is 12.0. The Morgan fingerprint density at radius 1 is 1.00 bits per heavy atom. The van der Waals surface area contributed by atoms with Crippen molar-refractivity contribution in [1.29, 1.82) is 0 Å². The molecule has 0 aliphatic heterocycles. The third kappa shape index (κ3) is 3.55. The van der Waals surface area contributed by atoms with Gasteiger partial charge in [-0.3, -0.25) is 0 Å². The number of halogens is 3. The van der Waals surface area contributed by atoms with Crippen molar-refractivity contribution in [2.24, 2.45) is 0 Å². The minimum atomic E-state index is -1.15. The summed E-state index contributed by atoms with van der Waals surface area (Å²) in [5.41, 5.74) is 0.213. The Kier molecular flexibility index (Phi) is 4.62. The number of benzene rings is 1. The summed E-state index contributed by atoms with van der Waals surface area (Å²) >= 11 is 0. The molecular formula is C11H13F3O. The van der Waals surface area contributed by atoms with Crippen molar-refractivity contribution in [2.45, 2.75) is 19.3 Å². The van der Waals surface area contributed by atoms with Crippen LogP contribution in [0, 0.1) is 17.5 Å². The van der Waals surface area contributed by atoms with Crippen LogP contribution in [0.2, 0.25) is 0 Å². The molecule has 0 heterocycles. The zero-order valence-electron chi connectivity index (χ0n) is 8.53. The fraction of sp³-hybridized carbons (Fsp3) is 0.455. The van der Waals surface area contributed by atoms with Crippen LogP contribution in [-0.4, -0.2) is 13.7 Å².